The van der Waals surface area contributed by atoms with Crippen molar-refractivity contribution in [1.82, 2.24) is 4.90 Å². The molecule has 2 N–H and O–H groups in total. The summed E-state index contributed by atoms with van der Waals surface area (Å²) >= 11 is 0. The molecule has 0 heterocycles. The van der Waals surface area contributed by atoms with Gasteiger partial charge >= 0.3 is 0 Å². The van der Waals surface area contributed by atoms with Gasteiger partial charge in [-0.25, -0.2) is 0 Å². The summed E-state index contributed by atoms with van der Waals surface area (Å²) in [4.78, 5) is 2.44. The molecule has 0 bridgehead atoms. The van der Waals surface area contributed by atoms with Crippen LogP contribution in [0.2, 0.25) is 0 Å². The van der Waals surface area contributed by atoms with Crippen LogP contribution in [0.3, 0.4) is 0 Å². The highest BCUT2D eigenvalue weighted by molar-refractivity contribution is 5.25. The van der Waals surface area contributed by atoms with Gasteiger partial charge in [0, 0.05) is 11.6 Å². The van der Waals surface area contributed by atoms with Crippen molar-refractivity contribution in [2.24, 2.45) is 5.73 Å². The van der Waals surface area contributed by atoms with Gasteiger partial charge in [0.15, 0.2) is 0 Å². The molecule has 19 heavy (non-hydrogen) atoms. The molecule has 2 unspecified atom stereocenters. The summed E-state index contributed by atoms with van der Waals surface area (Å²) in [5.74, 6) is 0. The first-order valence-corrected chi connectivity index (χ1v) is 7.38. The van der Waals surface area contributed by atoms with Crippen molar-refractivity contribution in [3.05, 3.63) is 35.4 Å². The van der Waals surface area contributed by atoms with Gasteiger partial charge in [-0.2, -0.15) is 0 Å². The van der Waals surface area contributed by atoms with Gasteiger partial charge in [-0.05, 0) is 46.2 Å². The second kappa shape index (κ2) is 6.53. The Hall–Kier alpha value is -0.860. The molecule has 0 amide bonds. The molecule has 0 aliphatic heterocycles. The minimum Gasteiger partial charge on any atom is -0.326 e. The molecule has 0 aromatic heterocycles. The molecular formula is C17H30N2. The van der Waals surface area contributed by atoms with Crippen molar-refractivity contribution >= 4 is 0 Å². The Kier molecular flexibility index (Phi) is 5.57. The lowest BCUT2D eigenvalue weighted by atomic mass is 9.90. The van der Waals surface area contributed by atoms with Gasteiger partial charge in [0.05, 0.1) is 6.04 Å². The quantitative estimate of drug-likeness (QED) is 0.842. The van der Waals surface area contributed by atoms with E-state index in [9.17, 15) is 0 Å². The molecule has 0 saturated heterocycles. The Morgan fingerprint density at radius 1 is 1.16 bits per heavy atom. The number of nitrogens with two attached hydrogens (primary N) is 1. The third kappa shape index (κ3) is 3.80. The number of nitrogens with zero attached hydrogens (tertiary/aromatic N) is 1. The van der Waals surface area contributed by atoms with Crippen LogP contribution in [0.25, 0.3) is 0 Å². The summed E-state index contributed by atoms with van der Waals surface area (Å²) in [6, 6.07) is 9.24. The predicted molar refractivity (Wildman–Crippen MR) is 84.3 cm³/mol. The average molecular weight is 262 g/mol. The maximum Gasteiger partial charge on any atom is 0.0501 e. The second-order valence-electron chi connectivity index (χ2n) is 6.20. The van der Waals surface area contributed by atoms with Crippen LogP contribution >= 0.6 is 0 Å². The number of hydrogen-bond donors (Lipinski definition) is 1. The van der Waals surface area contributed by atoms with Gasteiger partial charge in [0.25, 0.3) is 0 Å². The predicted octanol–water partition coefficient (Wildman–Crippen LogP) is 3.89. The van der Waals surface area contributed by atoms with Crippen LogP contribution in [0.1, 0.15) is 57.7 Å². The molecule has 0 fully saturated rings. The van der Waals surface area contributed by atoms with Crippen molar-refractivity contribution in [2.45, 2.75) is 65.1 Å². The van der Waals surface area contributed by atoms with Gasteiger partial charge in [-0.1, -0.05) is 43.7 Å². The minimum absolute atomic E-state index is 0.155. The average Bonchev–Trinajstić information content (AvgIpc) is 2.40. The molecule has 108 valence electrons. The third-order valence-corrected chi connectivity index (χ3v) is 4.53. The lowest BCUT2D eigenvalue weighted by molar-refractivity contribution is 0.0806. The Bertz CT molecular complexity index is 381. The summed E-state index contributed by atoms with van der Waals surface area (Å²) in [6.07, 6.45) is 2.10. The van der Waals surface area contributed by atoms with Crippen molar-refractivity contribution in [2.75, 3.05) is 7.05 Å². The zero-order chi connectivity index (χ0) is 14.6. The van der Waals surface area contributed by atoms with Crippen molar-refractivity contribution in [1.29, 1.82) is 0 Å². The van der Waals surface area contributed by atoms with Crippen LogP contribution in [0.4, 0.5) is 0 Å². The Balaban J connectivity index is 3.11. The molecular weight excluding hydrogens is 232 g/mol. The summed E-state index contributed by atoms with van der Waals surface area (Å²) in [7, 11) is 2.20. The van der Waals surface area contributed by atoms with E-state index >= 15 is 0 Å². The topological polar surface area (TPSA) is 29.3 Å². The van der Waals surface area contributed by atoms with Crippen LogP contribution < -0.4 is 5.73 Å². The smallest absolute Gasteiger partial charge is 0.0501 e. The van der Waals surface area contributed by atoms with Crippen molar-refractivity contribution < 1.29 is 0 Å². The molecule has 0 aliphatic carbocycles. The van der Waals surface area contributed by atoms with Gasteiger partial charge < -0.3 is 5.73 Å². The summed E-state index contributed by atoms with van der Waals surface area (Å²) in [6.45, 7) is 11.1. The fourth-order valence-corrected chi connectivity index (χ4v) is 2.37. The maximum absolute atomic E-state index is 6.40. The number of hydrogen-bond acceptors (Lipinski definition) is 2. The van der Waals surface area contributed by atoms with Crippen LogP contribution in [-0.2, 0) is 0 Å². The monoisotopic (exact) mass is 262 g/mol. The molecule has 1 aromatic rings. The molecule has 1 rings (SSSR count). The molecule has 0 radical (unpaired) electrons. The first-order valence-electron chi connectivity index (χ1n) is 7.38. The van der Waals surface area contributed by atoms with Crippen LogP contribution in [-0.4, -0.2) is 23.5 Å². The molecule has 2 nitrogen and oxygen atoms in total. The molecule has 1 aromatic carbocycles. The number of likely N-dealkylation sites (N-methyl/N-ethyl adjacent to an activating group) is 1. The van der Waals surface area contributed by atoms with Crippen LogP contribution in [0.5, 0.6) is 0 Å². The zero-order valence-corrected chi connectivity index (χ0v) is 13.4. The maximum atomic E-state index is 6.40. The first-order chi connectivity index (χ1) is 8.83. The fourth-order valence-electron chi connectivity index (χ4n) is 2.37. The van der Waals surface area contributed by atoms with Crippen LogP contribution in [0.15, 0.2) is 24.3 Å². The minimum atomic E-state index is 0.155. The second-order valence-corrected chi connectivity index (χ2v) is 6.20. The summed E-state index contributed by atoms with van der Waals surface area (Å²) in [5, 5.41) is 0. The highest BCUT2D eigenvalue weighted by atomic mass is 15.2. The molecule has 2 heteroatoms. The normalized spacial score (nSPS) is 15.6. The van der Waals surface area contributed by atoms with E-state index in [4.69, 9.17) is 5.73 Å². The SMILES string of the molecule is CCC(N)C(c1ccc(C)cc1)N(C)C(C)(C)CC. The lowest BCUT2D eigenvalue weighted by Crippen LogP contribution is -2.48. The molecule has 2 atom stereocenters. The molecule has 0 aliphatic rings. The van der Waals surface area contributed by atoms with E-state index in [1.165, 1.54) is 11.1 Å². The molecule has 0 saturated carbocycles. The number of aryl methyl sites for hydroxylation is 1. The van der Waals surface area contributed by atoms with E-state index in [-0.39, 0.29) is 17.6 Å². The van der Waals surface area contributed by atoms with E-state index < -0.39 is 0 Å². The number of rotatable bonds is 6. The van der Waals surface area contributed by atoms with E-state index in [2.05, 4.69) is 70.8 Å². The number of benzene rings is 1. The van der Waals surface area contributed by atoms with Gasteiger partial charge in [0.1, 0.15) is 0 Å². The first kappa shape index (κ1) is 16.2. The summed E-state index contributed by atoms with van der Waals surface area (Å²) in [5.41, 5.74) is 9.17. The Morgan fingerprint density at radius 3 is 2.11 bits per heavy atom. The Morgan fingerprint density at radius 2 is 1.68 bits per heavy atom. The van der Waals surface area contributed by atoms with E-state index in [1.54, 1.807) is 0 Å². The largest absolute Gasteiger partial charge is 0.326 e. The zero-order valence-electron chi connectivity index (χ0n) is 13.4. The van der Waals surface area contributed by atoms with Crippen molar-refractivity contribution in [3.63, 3.8) is 0 Å². The van der Waals surface area contributed by atoms with Gasteiger partial charge in [-0.15, -0.1) is 0 Å². The van der Waals surface area contributed by atoms with Crippen molar-refractivity contribution in [3.8, 4) is 0 Å². The lowest BCUT2D eigenvalue weighted by Gasteiger charge is -2.43. The standard InChI is InChI=1S/C17H30N2/c1-7-15(18)16(19(6)17(4,5)8-2)14-11-9-13(3)10-12-14/h9-12,15-16H,7-8,18H2,1-6H3. The van der Waals surface area contributed by atoms with E-state index in [0.29, 0.717) is 0 Å². The highest BCUT2D eigenvalue weighted by Crippen LogP contribution is 2.31. The molecule has 0 spiro atoms. The Labute approximate surface area is 119 Å². The fraction of sp³-hybridized carbons (Fsp3) is 0.647. The summed E-state index contributed by atoms with van der Waals surface area (Å²) < 4.78 is 0. The van der Waals surface area contributed by atoms with E-state index in [0.717, 1.165) is 12.8 Å². The highest BCUT2D eigenvalue weighted by Gasteiger charge is 2.31. The van der Waals surface area contributed by atoms with Gasteiger partial charge in [0.2, 0.25) is 0 Å². The van der Waals surface area contributed by atoms with Gasteiger partial charge in [-0.3, -0.25) is 4.90 Å². The third-order valence-electron chi connectivity index (χ3n) is 4.53. The van der Waals surface area contributed by atoms with E-state index in [1.807, 2.05) is 0 Å². The van der Waals surface area contributed by atoms with Crippen LogP contribution in [0, 0.1) is 6.92 Å².